The summed E-state index contributed by atoms with van der Waals surface area (Å²) >= 11 is 12.4. The van der Waals surface area contributed by atoms with E-state index in [1.165, 1.54) is 4.68 Å². The number of benzene rings is 2. The van der Waals surface area contributed by atoms with Gasteiger partial charge in [-0.3, -0.25) is 19.4 Å². The molecule has 3 aromatic rings. The van der Waals surface area contributed by atoms with Crippen molar-refractivity contribution in [2.24, 2.45) is 10.2 Å². The largest absolute Gasteiger partial charge is 0.505 e. The number of rotatable bonds is 9. The van der Waals surface area contributed by atoms with E-state index in [-0.39, 0.29) is 30.1 Å². The molecule has 8 nitrogen and oxygen atoms in total. The summed E-state index contributed by atoms with van der Waals surface area (Å²) < 4.78 is 1.30. The van der Waals surface area contributed by atoms with Crippen LogP contribution in [0.4, 0.5) is 11.4 Å². The van der Waals surface area contributed by atoms with Gasteiger partial charge in [0.1, 0.15) is 11.4 Å². The van der Waals surface area contributed by atoms with Gasteiger partial charge in [0.2, 0.25) is 0 Å². The fraction of sp³-hybridized carbons (Fsp3) is 0.273. The van der Waals surface area contributed by atoms with Crippen molar-refractivity contribution in [2.75, 3.05) is 0 Å². The molecular formula is C22H22Cl2N4O4. The lowest BCUT2D eigenvalue weighted by Crippen LogP contribution is -2.17. The van der Waals surface area contributed by atoms with E-state index in [0.717, 1.165) is 5.56 Å². The van der Waals surface area contributed by atoms with Gasteiger partial charge in [-0.05, 0) is 55.5 Å². The predicted octanol–water partition coefficient (Wildman–Crippen LogP) is 5.56. The summed E-state index contributed by atoms with van der Waals surface area (Å²) in [6, 6.07) is 10.4. The summed E-state index contributed by atoms with van der Waals surface area (Å²) in [6.45, 7) is 1.90. The number of nitrogens with zero attached hydrogens (tertiary/aromatic N) is 3. The Morgan fingerprint density at radius 1 is 1.09 bits per heavy atom. The average Bonchev–Trinajstić information content (AvgIpc) is 3.00. The van der Waals surface area contributed by atoms with E-state index in [1.807, 2.05) is 0 Å². The molecule has 0 radical (unpaired) electrons. The lowest BCUT2D eigenvalue weighted by Gasteiger charge is -2.09. The summed E-state index contributed by atoms with van der Waals surface area (Å²) in [6.07, 6.45) is 1.29. The SMILES string of the molecule is Cc1[nH]n(CCCC(=O)O)c(=O)c1N=Nc1cccc(CCc2c(Cl)cccc2Cl)c1O. The summed E-state index contributed by atoms with van der Waals surface area (Å²) in [5.74, 6) is -0.956. The Kier molecular flexibility index (Phi) is 7.71. The third-order valence-corrected chi connectivity index (χ3v) is 5.65. The van der Waals surface area contributed by atoms with Crippen LogP contribution in [0.15, 0.2) is 51.4 Å². The van der Waals surface area contributed by atoms with Crippen LogP contribution in [0.5, 0.6) is 5.75 Å². The first-order valence-electron chi connectivity index (χ1n) is 9.94. The molecule has 0 saturated carbocycles. The van der Waals surface area contributed by atoms with E-state index >= 15 is 0 Å². The number of carboxylic acids is 1. The van der Waals surface area contributed by atoms with Gasteiger partial charge in [-0.25, -0.2) is 0 Å². The van der Waals surface area contributed by atoms with Crippen LogP contribution in [0.1, 0.15) is 29.7 Å². The Morgan fingerprint density at radius 3 is 2.47 bits per heavy atom. The van der Waals surface area contributed by atoms with Gasteiger partial charge in [0.15, 0.2) is 5.69 Å². The van der Waals surface area contributed by atoms with Crippen LogP contribution in [0, 0.1) is 6.92 Å². The van der Waals surface area contributed by atoms with Crippen molar-refractivity contribution < 1.29 is 15.0 Å². The first kappa shape index (κ1) is 23.6. The molecule has 3 N–H and O–H groups in total. The van der Waals surface area contributed by atoms with E-state index in [2.05, 4.69) is 15.3 Å². The van der Waals surface area contributed by atoms with Crippen molar-refractivity contribution in [1.82, 2.24) is 9.78 Å². The molecule has 1 heterocycles. The van der Waals surface area contributed by atoms with Crippen LogP contribution in [-0.4, -0.2) is 26.0 Å². The monoisotopic (exact) mass is 476 g/mol. The number of hydrogen-bond acceptors (Lipinski definition) is 5. The second kappa shape index (κ2) is 10.5. The fourth-order valence-corrected chi connectivity index (χ4v) is 3.84. The molecule has 0 bridgehead atoms. The molecule has 0 aliphatic carbocycles. The van der Waals surface area contributed by atoms with Crippen LogP contribution >= 0.6 is 23.2 Å². The molecule has 10 heteroatoms. The summed E-state index contributed by atoms with van der Waals surface area (Å²) in [5, 5.41) is 31.5. The fourth-order valence-electron chi connectivity index (χ4n) is 3.25. The van der Waals surface area contributed by atoms with Gasteiger partial charge in [-0.1, -0.05) is 41.4 Å². The van der Waals surface area contributed by atoms with E-state index in [9.17, 15) is 14.7 Å². The molecule has 1 aromatic heterocycles. The minimum absolute atomic E-state index is 0.0330. The molecule has 0 aliphatic heterocycles. The van der Waals surface area contributed by atoms with Crippen molar-refractivity contribution in [2.45, 2.75) is 39.2 Å². The van der Waals surface area contributed by atoms with Crippen LogP contribution in [0.3, 0.4) is 0 Å². The number of H-pyrrole nitrogens is 1. The zero-order valence-electron chi connectivity index (χ0n) is 17.3. The van der Waals surface area contributed by atoms with Gasteiger partial charge in [0.25, 0.3) is 5.56 Å². The molecule has 0 amide bonds. The summed E-state index contributed by atoms with van der Waals surface area (Å²) in [7, 11) is 0. The number of aromatic amines is 1. The van der Waals surface area contributed by atoms with Gasteiger partial charge in [0, 0.05) is 23.0 Å². The number of aryl methyl sites for hydroxylation is 3. The molecule has 0 saturated heterocycles. The highest BCUT2D eigenvalue weighted by atomic mass is 35.5. The summed E-state index contributed by atoms with van der Waals surface area (Å²) in [5.41, 5.74) is 1.87. The summed E-state index contributed by atoms with van der Waals surface area (Å²) in [4.78, 5) is 23.2. The number of phenols is 1. The van der Waals surface area contributed by atoms with Gasteiger partial charge in [-0.2, -0.15) is 0 Å². The third kappa shape index (κ3) is 5.57. The number of carboxylic acid groups (broad SMARTS) is 1. The molecule has 2 aromatic carbocycles. The highest BCUT2D eigenvalue weighted by Gasteiger charge is 2.13. The molecule has 3 rings (SSSR count). The molecule has 0 fully saturated rings. The second-order valence-corrected chi connectivity index (χ2v) is 8.04. The lowest BCUT2D eigenvalue weighted by atomic mass is 10.0. The van der Waals surface area contributed by atoms with E-state index in [0.29, 0.717) is 40.6 Å². The number of aliphatic carboxylic acids is 1. The Balaban J connectivity index is 1.77. The molecule has 0 spiro atoms. The Hall–Kier alpha value is -3.10. The number of phenolic OH excluding ortho intramolecular Hbond substituents is 1. The van der Waals surface area contributed by atoms with Crippen molar-refractivity contribution in [3.05, 3.63) is 73.6 Å². The quantitative estimate of drug-likeness (QED) is 0.349. The molecule has 0 unspecified atom stereocenters. The van der Waals surface area contributed by atoms with E-state index in [4.69, 9.17) is 28.3 Å². The number of nitrogens with one attached hydrogen (secondary N) is 1. The van der Waals surface area contributed by atoms with Crippen LogP contribution < -0.4 is 5.56 Å². The van der Waals surface area contributed by atoms with Gasteiger partial charge in [0.05, 0.1) is 5.69 Å². The average molecular weight is 477 g/mol. The number of hydrogen-bond donors (Lipinski definition) is 3. The van der Waals surface area contributed by atoms with E-state index in [1.54, 1.807) is 43.3 Å². The number of carbonyl (C=O) groups is 1. The van der Waals surface area contributed by atoms with Crippen LogP contribution in [0.2, 0.25) is 10.0 Å². The predicted molar refractivity (Wildman–Crippen MR) is 123 cm³/mol. The Bertz CT molecular complexity index is 1200. The van der Waals surface area contributed by atoms with Gasteiger partial charge >= 0.3 is 5.97 Å². The third-order valence-electron chi connectivity index (χ3n) is 4.94. The maximum absolute atomic E-state index is 12.5. The molecule has 32 heavy (non-hydrogen) atoms. The van der Waals surface area contributed by atoms with Gasteiger partial charge in [-0.15, -0.1) is 10.2 Å². The second-order valence-electron chi connectivity index (χ2n) is 7.22. The first-order valence-corrected chi connectivity index (χ1v) is 10.7. The molecular weight excluding hydrogens is 455 g/mol. The van der Waals surface area contributed by atoms with Crippen molar-refractivity contribution in [1.29, 1.82) is 0 Å². The van der Waals surface area contributed by atoms with Crippen molar-refractivity contribution in [3.63, 3.8) is 0 Å². The smallest absolute Gasteiger partial charge is 0.303 e. The lowest BCUT2D eigenvalue weighted by molar-refractivity contribution is -0.137. The van der Waals surface area contributed by atoms with Crippen molar-refractivity contribution >= 4 is 40.5 Å². The van der Waals surface area contributed by atoms with E-state index < -0.39 is 11.5 Å². The van der Waals surface area contributed by atoms with Crippen molar-refractivity contribution in [3.8, 4) is 5.75 Å². The Labute approximate surface area is 194 Å². The minimum atomic E-state index is -0.923. The number of aromatic nitrogens is 2. The topological polar surface area (TPSA) is 120 Å². The van der Waals surface area contributed by atoms with Gasteiger partial charge < -0.3 is 10.2 Å². The number of halogens is 2. The number of para-hydroxylation sites is 1. The molecule has 168 valence electrons. The van der Waals surface area contributed by atoms with Crippen LogP contribution in [-0.2, 0) is 24.2 Å². The van der Waals surface area contributed by atoms with Crippen LogP contribution in [0.25, 0.3) is 0 Å². The number of aromatic hydroxyl groups is 1. The Morgan fingerprint density at radius 2 is 1.78 bits per heavy atom. The zero-order chi connectivity index (χ0) is 23.3. The zero-order valence-corrected chi connectivity index (χ0v) is 18.8. The molecule has 0 aliphatic rings. The highest BCUT2D eigenvalue weighted by molar-refractivity contribution is 6.35. The standard InChI is InChI=1S/C22H22Cl2N4O4/c1-13-20(22(32)28(27-13)12-4-9-19(29)30)26-25-18-8-2-5-14(21(18)31)10-11-15-16(23)6-3-7-17(15)24/h2-3,5-8,27,31H,4,9-12H2,1H3,(H,29,30). The molecule has 0 atom stereocenters. The first-order chi connectivity index (χ1) is 15.3. The maximum atomic E-state index is 12.5. The maximum Gasteiger partial charge on any atom is 0.303 e. The normalized spacial score (nSPS) is 11.3. The minimum Gasteiger partial charge on any atom is -0.505 e. The number of azo groups is 1. The highest BCUT2D eigenvalue weighted by Crippen LogP contribution is 2.33.